The van der Waals surface area contributed by atoms with Gasteiger partial charge in [-0.3, -0.25) is 19.1 Å². The number of anilines is 1. The van der Waals surface area contributed by atoms with Gasteiger partial charge in [-0.15, -0.1) is 10.2 Å². The van der Waals surface area contributed by atoms with Gasteiger partial charge in [0.05, 0.1) is 12.2 Å². The Bertz CT molecular complexity index is 1360. The fourth-order valence-electron chi connectivity index (χ4n) is 3.73. The van der Waals surface area contributed by atoms with Crippen molar-refractivity contribution in [2.45, 2.75) is 11.6 Å². The average Bonchev–Trinajstić information content (AvgIpc) is 3.39. The zero-order valence-electron chi connectivity index (χ0n) is 17.6. The molecule has 0 saturated carbocycles. The molecule has 0 bridgehead atoms. The molecule has 0 N–H and O–H groups in total. The molecule has 1 aliphatic heterocycles. The number of benzene rings is 2. The normalized spacial score (nSPS) is 12.8. The summed E-state index contributed by atoms with van der Waals surface area (Å²) in [6.07, 6.45) is 3.71. The molecule has 1 aliphatic rings. The van der Waals surface area contributed by atoms with Crippen LogP contribution < -0.4 is 4.90 Å². The Morgan fingerprint density at radius 2 is 1.82 bits per heavy atom. The van der Waals surface area contributed by atoms with Gasteiger partial charge in [0.2, 0.25) is 5.91 Å². The van der Waals surface area contributed by atoms with Crippen LogP contribution in [0.2, 0.25) is 5.02 Å². The third-order valence-electron chi connectivity index (χ3n) is 5.47. The quantitative estimate of drug-likeness (QED) is 0.302. The van der Waals surface area contributed by atoms with E-state index in [-0.39, 0.29) is 17.4 Å². The third kappa shape index (κ3) is 4.15. The zero-order chi connectivity index (χ0) is 22.9. The maximum atomic E-state index is 12.9. The van der Waals surface area contributed by atoms with Gasteiger partial charge in [-0.25, -0.2) is 0 Å². The van der Waals surface area contributed by atoms with Crippen LogP contribution in [-0.4, -0.2) is 44.2 Å². The first-order valence-corrected chi connectivity index (χ1v) is 11.5. The van der Waals surface area contributed by atoms with Crippen molar-refractivity contribution in [1.29, 1.82) is 0 Å². The highest BCUT2D eigenvalue weighted by Crippen LogP contribution is 2.31. The van der Waals surface area contributed by atoms with Gasteiger partial charge in [0.1, 0.15) is 0 Å². The molecule has 0 saturated heterocycles. The molecule has 0 aliphatic carbocycles. The number of halogens is 1. The van der Waals surface area contributed by atoms with E-state index in [1.54, 1.807) is 42.5 Å². The van der Waals surface area contributed by atoms with Crippen molar-refractivity contribution in [2.24, 2.45) is 0 Å². The summed E-state index contributed by atoms with van der Waals surface area (Å²) in [5, 5.41) is 9.95. The van der Waals surface area contributed by atoms with Crippen LogP contribution in [0.3, 0.4) is 0 Å². The lowest BCUT2D eigenvalue weighted by Crippen LogP contribution is -2.20. The number of thioether (sulfide) groups is 1. The van der Waals surface area contributed by atoms with E-state index in [9.17, 15) is 9.59 Å². The molecule has 0 spiro atoms. The van der Waals surface area contributed by atoms with E-state index in [0.717, 1.165) is 22.5 Å². The van der Waals surface area contributed by atoms with Crippen LogP contribution in [0.25, 0.3) is 17.1 Å². The molecule has 2 aromatic carbocycles. The molecule has 0 radical (unpaired) electrons. The standard InChI is InChI=1S/C24H18ClN5O2S/c1-29-20-7-2-16(12-17(20)13-22(29)32)21(31)14-33-24-28-27-23(15-8-10-26-11-9-15)30(24)19-5-3-18(25)4-6-19/h2-12H,13-14H2,1H3. The summed E-state index contributed by atoms with van der Waals surface area (Å²) in [6.45, 7) is 0. The fourth-order valence-corrected chi connectivity index (χ4v) is 4.70. The number of carbonyl (C=O) groups is 2. The second-order valence-electron chi connectivity index (χ2n) is 7.54. The zero-order valence-corrected chi connectivity index (χ0v) is 19.2. The number of fused-ring (bicyclic) bond motifs is 1. The highest BCUT2D eigenvalue weighted by molar-refractivity contribution is 7.99. The third-order valence-corrected chi connectivity index (χ3v) is 6.65. The molecule has 9 heteroatoms. The Morgan fingerprint density at radius 3 is 2.58 bits per heavy atom. The van der Waals surface area contributed by atoms with E-state index in [2.05, 4.69) is 15.2 Å². The number of nitrogens with zero attached hydrogens (tertiary/aromatic N) is 5. The minimum Gasteiger partial charge on any atom is -0.315 e. The van der Waals surface area contributed by atoms with Crippen LogP contribution in [0.15, 0.2) is 72.1 Å². The topological polar surface area (TPSA) is 81.0 Å². The van der Waals surface area contributed by atoms with Crippen LogP contribution in [-0.2, 0) is 11.2 Å². The molecule has 3 heterocycles. The SMILES string of the molecule is CN1C(=O)Cc2cc(C(=O)CSc3nnc(-c4ccncc4)n3-c3ccc(Cl)cc3)ccc21. The van der Waals surface area contributed by atoms with Crippen LogP contribution in [0.4, 0.5) is 5.69 Å². The number of pyridine rings is 1. The van der Waals surface area contributed by atoms with Gasteiger partial charge in [-0.05, 0) is 60.2 Å². The predicted octanol–water partition coefficient (Wildman–Crippen LogP) is 4.48. The number of likely N-dealkylation sites (N-methyl/N-ethyl adjacent to an activating group) is 1. The molecule has 0 fully saturated rings. The van der Waals surface area contributed by atoms with Crippen molar-refractivity contribution < 1.29 is 9.59 Å². The van der Waals surface area contributed by atoms with Gasteiger partial charge in [0.25, 0.3) is 0 Å². The fraction of sp³-hybridized carbons (Fsp3) is 0.125. The summed E-state index contributed by atoms with van der Waals surface area (Å²) < 4.78 is 1.90. The smallest absolute Gasteiger partial charge is 0.231 e. The van der Waals surface area contributed by atoms with Crippen LogP contribution in [0, 0.1) is 0 Å². The van der Waals surface area contributed by atoms with Gasteiger partial charge in [0, 0.05) is 47.0 Å². The summed E-state index contributed by atoms with van der Waals surface area (Å²) in [6, 6.07) is 16.5. The molecule has 7 nitrogen and oxygen atoms in total. The molecular weight excluding hydrogens is 458 g/mol. The van der Waals surface area contributed by atoms with E-state index in [0.29, 0.717) is 28.0 Å². The highest BCUT2D eigenvalue weighted by Gasteiger charge is 2.25. The maximum absolute atomic E-state index is 12.9. The summed E-state index contributed by atoms with van der Waals surface area (Å²) in [4.78, 5) is 30.6. The summed E-state index contributed by atoms with van der Waals surface area (Å²) >= 11 is 7.39. The number of carbonyl (C=O) groups excluding carboxylic acids is 2. The van der Waals surface area contributed by atoms with Crippen LogP contribution in [0.1, 0.15) is 15.9 Å². The predicted molar refractivity (Wildman–Crippen MR) is 128 cm³/mol. The van der Waals surface area contributed by atoms with Crippen molar-refractivity contribution in [2.75, 3.05) is 17.7 Å². The van der Waals surface area contributed by atoms with Crippen LogP contribution >= 0.6 is 23.4 Å². The molecule has 1 amide bonds. The lowest BCUT2D eigenvalue weighted by molar-refractivity contribution is -0.117. The molecule has 0 unspecified atom stereocenters. The first-order chi connectivity index (χ1) is 16.0. The van der Waals surface area contributed by atoms with Gasteiger partial charge >= 0.3 is 0 Å². The van der Waals surface area contributed by atoms with E-state index in [1.165, 1.54) is 11.8 Å². The molecule has 5 rings (SSSR count). The first-order valence-electron chi connectivity index (χ1n) is 10.2. The monoisotopic (exact) mass is 475 g/mol. The number of amides is 1. The number of Topliss-reactive ketones (excluding diaryl/α,β-unsaturated/α-hetero) is 1. The molecular formula is C24H18ClN5O2S. The van der Waals surface area contributed by atoms with Crippen molar-refractivity contribution in [3.63, 3.8) is 0 Å². The second kappa shape index (κ2) is 8.80. The Morgan fingerprint density at radius 1 is 1.06 bits per heavy atom. The number of hydrogen-bond acceptors (Lipinski definition) is 6. The van der Waals surface area contributed by atoms with Crippen LogP contribution in [0.5, 0.6) is 0 Å². The second-order valence-corrected chi connectivity index (χ2v) is 8.92. The van der Waals surface area contributed by atoms with E-state index in [4.69, 9.17) is 11.6 Å². The average molecular weight is 476 g/mol. The number of ketones is 1. The van der Waals surface area contributed by atoms with Gasteiger partial charge in [0.15, 0.2) is 16.8 Å². The Hall–Kier alpha value is -3.49. The van der Waals surface area contributed by atoms with Gasteiger partial charge < -0.3 is 4.90 Å². The maximum Gasteiger partial charge on any atom is 0.231 e. The summed E-state index contributed by atoms with van der Waals surface area (Å²) in [5.41, 5.74) is 4.01. The number of rotatable bonds is 6. The Labute approximate surface area is 199 Å². The minimum atomic E-state index is -0.0408. The lowest BCUT2D eigenvalue weighted by Gasteiger charge is -2.11. The number of aromatic nitrogens is 4. The minimum absolute atomic E-state index is 0.0312. The Balaban J connectivity index is 1.43. The van der Waals surface area contributed by atoms with Crippen molar-refractivity contribution in [1.82, 2.24) is 19.7 Å². The van der Waals surface area contributed by atoms with E-state index in [1.807, 2.05) is 41.0 Å². The summed E-state index contributed by atoms with van der Waals surface area (Å²) in [7, 11) is 1.75. The molecule has 33 heavy (non-hydrogen) atoms. The van der Waals surface area contributed by atoms with E-state index >= 15 is 0 Å². The summed E-state index contributed by atoms with van der Waals surface area (Å²) in [5.74, 6) is 0.823. The molecule has 164 valence electrons. The highest BCUT2D eigenvalue weighted by atomic mass is 35.5. The lowest BCUT2D eigenvalue weighted by atomic mass is 10.1. The number of hydrogen-bond donors (Lipinski definition) is 0. The molecule has 2 aromatic heterocycles. The largest absolute Gasteiger partial charge is 0.315 e. The van der Waals surface area contributed by atoms with Gasteiger partial charge in [-0.1, -0.05) is 23.4 Å². The Kier molecular flexibility index (Phi) is 5.70. The van der Waals surface area contributed by atoms with Crippen molar-refractivity contribution in [3.8, 4) is 17.1 Å². The van der Waals surface area contributed by atoms with E-state index < -0.39 is 0 Å². The first kappa shape index (κ1) is 21.4. The molecule has 0 atom stereocenters. The molecule has 4 aromatic rings. The van der Waals surface area contributed by atoms with Crippen molar-refractivity contribution in [3.05, 3.63) is 83.1 Å². The van der Waals surface area contributed by atoms with Gasteiger partial charge in [-0.2, -0.15) is 0 Å². The van der Waals surface area contributed by atoms with Crippen molar-refractivity contribution >= 4 is 40.7 Å².